The Morgan fingerprint density at radius 1 is 1.10 bits per heavy atom. The number of hydrogen-bond acceptors (Lipinski definition) is 8. The van der Waals surface area contributed by atoms with Crippen molar-refractivity contribution in [3.63, 3.8) is 0 Å². The number of carboxylic acid groups (broad SMARTS) is 2. The van der Waals surface area contributed by atoms with Crippen molar-refractivity contribution in [2.75, 3.05) is 18.6 Å². The van der Waals surface area contributed by atoms with E-state index in [1.54, 1.807) is 6.26 Å². The van der Waals surface area contributed by atoms with Crippen molar-refractivity contribution in [2.24, 2.45) is 5.73 Å². The number of aliphatic carboxylic acids is 2. The van der Waals surface area contributed by atoms with Gasteiger partial charge in [-0.2, -0.15) is 11.8 Å². The van der Waals surface area contributed by atoms with Crippen LogP contribution in [-0.4, -0.2) is 86.5 Å². The number of amides is 3. The van der Waals surface area contributed by atoms with Gasteiger partial charge in [0.1, 0.15) is 18.6 Å². The lowest BCUT2D eigenvalue weighted by atomic mass is 10.1. The highest BCUT2D eigenvalue weighted by Crippen LogP contribution is 2.04. The zero-order valence-electron chi connectivity index (χ0n) is 16.8. The molecule has 1 aromatic rings. The first-order valence-corrected chi connectivity index (χ1v) is 10.6. The van der Waals surface area contributed by atoms with E-state index in [-0.39, 0.29) is 12.8 Å². The van der Waals surface area contributed by atoms with Crippen LogP contribution in [0, 0.1) is 0 Å². The first-order chi connectivity index (χ1) is 14.6. The van der Waals surface area contributed by atoms with Crippen LogP contribution in [0.15, 0.2) is 12.5 Å². The van der Waals surface area contributed by atoms with Gasteiger partial charge in [-0.3, -0.25) is 24.0 Å². The standard InChI is InChI=1S/C17H26N6O7S/c1-31-3-2-11(22-15(28)10(18)4-9-6-19-8-21-9)17(30)23-12(5-13(24)25)16(29)20-7-14(26)27/h6,8,10-12H,2-5,7,18H2,1H3,(H,19,21)(H,20,29)(H,22,28)(H,23,30)(H,24,25)(H,26,27). The summed E-state index contributed by atoms with van der Waals surface area (Å²) in [6.07, 6.45) is 4.34. The molecule has 1 rings (SSSR count). The van der Waals surface area contributed by atoms with Crippen molar-refractivity contribution >= 4 is 41.4 Å². The summed E-state index contributed by atoms with van der Waals surface area (Å²) in [5, 5.41) is 24.4. The maximum absolute atomic E-state index is 12.7. The van der Waals surface area contributed by atoms with Crippen molar-refractivity contribution in [3.8, 4) is 0 Å². The van der Waals surface area contributed by atoms with E-state index >= 15 is 0 Å². The Morgan fingerprint density at radius 2 is 1.77 bits per heavy atom. The molecule has 0 aliphatic heterocycles. The molecule has 0 radical (unpaired) electrons. The van der Waals surface area contributed by atoms with Gasteiger partial charge in [0, 0.05) is 18.3 Å². The van der Waals surface area contributed by atoms with E-state index in [4.69, 9.17) is 15.9 Å². The molecule has 172 valence electrons. The predicted octanol–water partition coefficient (Wildman–Crippen LogP) is -2.32. The third-order valence-electron chi connectivity index (χ3n) is 4.00. The van der Waals surface area contributed by atoms with Crippen molar-refractivity contribution in [1.29, 1.82) is 0 Å². The van der Waals surface area contributed by atoms with Gasteiger partial charge in [0.15, 0.2) is 0 Å². The van der Waals surface area contributed by atoms with Crippen LogP contribution in [0.25, 0.3) is 0 Å². The van der Waals surface area contributed by atoms with Gasteiger partial charge in [-0.1, -0.05) is 0 Å². The van der Waals surface area contributed by atoms with E-state index in [1.807, 2.05) is 5.32 Å². The van der Waals surface area contributed by atoms with E-state index in [0.29, 0.717) is 11.4 Å². The first-order valence-electron chi connectivity index (χ1n) is 9.17. The molecule has 0 saturated heterocycles. The molecule has 3 amide bonds. The Bertz CT molecular complexity index is 773. The molecule has 14 heteroatoms. The van der Waals surface area contributed by atoms with Crippen LogP contribution in [0.5, 0.6) is 0 Å². The molecule has 1 heterocycles. The summed E-state index contributed by atoms with van der Waals surface area (Å²) >= 11 is 1.42. The number of imidazole rings is 1. The number of nitrogens with two attached hydrogens (primary N) is 1. The molecule has 1 aromatic heterocycles. The van der Waals surface area contributed by atoms with E-state index in [1.165, 1.54) is 24.3 Å². The molecule has 3 unspecified atom stereocenters. The van der Waals surface area contributed by atoms with Crippen molar-refractivity contribution < 1.29 is 34.2 Å². The number of nitrogens with one attached hydrogen (secondary N) is 4. The van der Waals surface area contributed by atoms with E-state index < -0.39 is 60.8 Å². The van der Waals surface area contributed by atoms with E-state index in [0.717, 1.165) is 0 Å². The quantitative estimate of drug-likeness (QED) is 0.158. The zero-order chi connectivity index (χ0) is 23.4. The summed E-state index contributed by atoms with van der Waals surface area (Å²) in [4.78, 5) is 65.5. The van der Waals surface area contributed by atoms with Gasteiger partial charge in [-0.25, -0.2) is 4.98 Å². The smallest absolute Gasteiger partial charge is 0.322 e. The molecule has 0 aliphatic rings. The second kappa shape index (κ2) is 13.2. The van der Waals surface area contributed by atoms with Crippen LogP contribution in [-0.2, 0) is 30.4 Å². The molecular weight excluding hydrogens is 432 g/mol. The van der Waals surface area contributed by atoms with Crippen LogP contribution < -0.4 is 21.7 Å². The summed E-state index contributed by atoms with van der Waals surface area (Å²) in [5.74, 6) is -4.58. The summed E-state index contributed by atoms with van der Waals surface area (Å²) < 4.78 is 0. The molecule has 0 aromatic carbocycles. The minimum atomic E-state index is -1.52. The predicted molar refractivity (Wildman–Crippen MR) is 110 cm³/mol. The lowest BCUT2D eigenvalue weighted by Gasteiger charge is -2.23. The molecule has 0 aliphatic carbocycles. The number of nitrogens with zero attached hydrogens (tertiary/aromatic N) is 1. The second-order valence-electron chi connectivity index (χ2n) is 6.50. The topological polar surface area (TPSA) is 217 Å². The van der Waals surface area contributed by atoms with Gasteiger partial charge in [-0.05, 0) is 18.4 Å². The van der Waals surface area contributed by atoms with Crippen molar-refractivity contribution in [2.45, 2.75) is 37.4 Å². The van der Waals surface area contributed by atoms with Gasteiger partial charge in [0.25, 0.3) is 0 Å². The Kier molecular flexibility index (Phi) is 11.1. The molecular formula is C17H26N6O7S. The number of H-pyrrole nitrogens is 1. The Balaban J connectivity index is 2.82. The lowest BCUT2D eigenvalue weighted by Crippen LogP contribution is -2.56. The lowest BCUT2D eigenvalue weighted by molar-refractivity contribution is -0.141. The summed E-state index contributed by atoms with van der Waals surface area (Å²) in [5.41, 5.74) is 6.50. The minimum Gasteiger partial charge on any atom is -0.481 e. The summed E-state index contributed by atoms with van der Waals surface area (Å²) in [6, 6.07) is -3.56. The zero-order valence-corrected chi connectivity index (χ0v) is 17.6. The summed E-state index contributed by atoms with van der Waals surface area (Å²) in [7, 11) is 0. The number of aromatic nitrogens is 2. The van der Waals surface area contributed by atoms with Crippen LogP contribution in [0.1, 0.15) is 18.5 Å². The first kappa shape index (κ1) is 25.9. The number of rotatable bonds is 14. The maximum Gasteiger partial charge on any atom is 0.322 e. The number of carbonyl (C=O) groups is 5. The SMILES string of the molecule is CSCCC(NC(=O)C(N)Cc1cnc[nH]1)C(=O)NC(CC(=O)O)C(=O)NCC(=O)O. The Hall–Kier alpha value is -3.13. The normalized spacial score (nSPS) is 13.5. The van der Waals surface area contributed by atoms with Gasteiger partial charge < -0.3 is 36.9 Å². The van der Waals surface area contributed by atoms with Crippen molar-refractivity contribution in [3.05, 3.63) is 18.2 Å². The minimum absolute atomic E-state index is 0.155. The largest absolute Gasteiger partial charge is 0.481 e. The van der Waals surface area contributed by atoms with Gasteiger partial charge in [0.2, 0.25) is 17.7 Å². The second-order valence-corrected chi connectivity index (χ2v) is 7.49. The van der Waals surface area contributed by atoms with E-state index in [9.17, 15) is 24.0 Å². The third-order valence-corrected chi connectivity index (χ3v) is 4.64. The molecule has 3 atom stereocenters. The maximum atomic E-state index is 12.7. The van der Waals surface area contributed by atoms with Crippen LogP contribution in [0.2, 0.25) is 0 Å². The average molecular weight is 458 g/mol. The van der Waals surface area contributed by atoms with E-state index in [2.05, 4.69) is 20.6 Å². The number of carbonyl (C=O) groups excluding carboxylic acids is 3. The van der Waals surface area contributed by atoms with Gasteiger partial charge in [0.05, 0.1) is 18.8 Å². The fourth-order valence-electron chi connectivity index (χ4n) is 2.45. The van der Waals surface area contributed by atoms with Gasteiger partial charge >= 0.3 is 11.9 Å². The Labute approximate surface area is 181 Å². The molecule has 0 fully saturated rings. The molecule has 0 spiro atoms. The highest BCUT2D eigenvalue weighted by atomic mass is 32.2. The fraction of sp³-hybridized carbons (Fsp3) is 0.529. The molecule has 13 nitrogen and oxygen atoms in total. The molecule has 31 heavy (non-hydrogen) atoms. The molecule has 8 N–H and O–H groups in total. The average Bonchev–Trinajstić information content (AvgIpc) is 3.20. The molecule has 0 saturated carbocycles. The fourth-order valence-corrected chi connectivity index (χ4v) is 2.92. The Morgan fingerprint density at radius 3 is 2.32 bits per heavy atom. The third kappa shape index (κ3) is 9.95. The van der Waals surface area contributed by atoms with Crippen LogP contribution >= 0.6 is 11.8 Å². The number of aromatic amines is 1. The van der Waals surface area contributed by atoms with Crippen LogP contribution in [0.3, 0.4) is 0 Å². The molecule has 0 bridgehead atoms. The monoisotopic (exact) mass is 458 g/mol. The number of thioether (sulfide) groups is 1. The number of hydrogen-bond donors (Lipinski definition) is 7. The van der Waals surface area contributed by atoms with Crippen LogP contribution in [0.4, 0.5) is 0 Å². The summed E-state index contributed by atoms with van der Waals surface area (Å²) in [6.45, 7) is -0.736. The van der Waals surface area contributed by atoms with Crippen molar-refractivity contribution in [1.82, 2.24) is 25.9 Å². The van der Waals surface area contributed by atoms with Gasteiger partial charge in [-0.15, -0.1) is 0 Å². The highest BCUT2D eigenvalue weighted by Gasteiger charge is 2.29. The highest BCUT2D eigenvalue weighted by molar-refractivity contribution is 7.98. The number of carboxylic acids is 2.